The minimum absolute atomic E-state index is 0.450. The lowest BCUT2D eigenvalue weighted by molar-refractivity contribution is -0.111. The molecule has 0 bridgehead atoms. The molecule has 1 amide bonds. The van der Waals surface area contributed by atoms with Gasteiger partial charge in [0.2, 0.25) is 0 Å². The molecule has 0 saturated carbocycles. The summed E-state index contributed by atoms with van der Waals surface area (Å²) in [7, 11) is 0. The number of nitrogens with zero attached hydrogens (tertiary/aromatic N) is 3. The second-order valence-electron chi connectivity index (χ2n) is 2.51. The van der Waals surface area contributed by atoms with E-state index >= 15 is 0 Å². The van der Waals surface area contributed by atoms with E-state index in [1.165, 1.54) is 6.34 Å². The van der Waals surface area contributed by atoms with Crippen LogP contribution in [0.1, 0.15) is 0 Å². The summed E-state index contributed by atoms with van der Waals surface area (Å²) >= 11 is 0. The van der Waals surface area contributed by atoms with Gasteiger partial charge in [-0.1, -0.05) is 0 Å². The number of carbonyl (C=O) groups excluding carboxylic acids is 1. The van der Waals surface area contributed by atoms with Crippen molar-refractivity contribution in [2.45, 2.75) is 0 Å². The zero-order valence-electron chi connectivity index (χ0n) is 7.22. The van der Waals surface area contributed by atoms with Crippen molar-refractivity contribution in [3.05, 3.63) is 0 Å². The summed E-state index contributed by atoms with van der Waals surface area (Å²) in [6, 6.07) is 0. The second-order valence-corrected chi connectivity index (χ2v) is 2.51. The highest BCUT2D eigenvalue weighted by atomic mass is 16.5. The molecule has 0 spiro atoms. The van der Waals surface area contributed by atoms with E-state index in [-0.39, 0.29) is 0 Å². The third kappa shape index (κ3) is 3.66. The Bertz CT molecular complexity index is 221. The predicted molar refractivity (Wildman–Crippen MR) is 48.6 cm³/mol. The minimum Gasteiger partial charge on any atom is -0.378 e. The zero-order chi connectivity index (χ0) is 9.52. The molecule has 6 heteroatoms. The Morgan fingerprint density at radius 2 is 2.15 bits per heavy atom. The van der Waals surface area contributed by atoms with E-state index in [4.69, 9.17) is 10.6 Å². The van der Waals surface area contributed by atoms with Crippen molar-refractivity contribution in [1.82, 2.24) is 4.90 Å². The fraction of sp³-hybridized carbons (Fsp3) is 0.571. The molecule has 2 N–H and O–H groups in total. The molecule has 1 fully saturated rings. The van der Waals surface area contributed by atoms with Crippen molar-refractivity contribution in [1.29, 1.82) is 0 Å². The fourth-order valence-corrected chi connectivity index (χ4v) is 0.929. The summed E-state index contributed by atoms with van der Waals surface area (Å²) in [6.45, 7) is 2.86. The molecule has 1 aliphatic rings. The molecule has 0 aliphatic carbocycles. The van der Waals surface area contributed by atoms with Crippen molar-refractivity contribution in [2.75, 3.05) is 26.3 Å². The lowest BCUT2D eigenvalue weighted by Gasteiger charge is -2.23. The van der Waals surface area contributed by atoms with Crippen LogP contribution in [0.15, 0.2) is 10.1 Å². The van der Waals surface area contributed by atoms with Gasteiger partial charge >= 0.3 is 0 Å². The van der Waals surface area contributed by atoms with Crippen molar-refractivity contribution in [3.8, 4) is 0 Å². The maximum Gasteiger partial charge on any atom is 0.291 e. The Hall–Kier alpha value is -1.43. The van der Waals surface area contributed by atoms with Gasteiger partial charge in [-0.05, 0) is 0 Å². The van der Waals surface area contributed by atoms with Gasteiger partial charge in [-0.15, -0.1) is 0 Å². The molecule has 0 aromatic heterocycles. The summed E-state index contributed by atoms with van der Waals surface area (Å²) in [4.78, 5) is 16.3. The number of morpholine rings is 1. The molecule has 1 saturated heterocycles. The van der Waals surface area contributed by atoms with Crippen LogP contribution >= 0.6 is 0 Å². The lowest BCUT2D eigenvalue weighted by Crippen LogP contribution is -2.35. The summed E-state index contributed by atoms with van der Waals surface area (Å²) in [5, 5.41) is 3.07. The molecule has 0 unspecified atom stereocenters. The predicted octanol–water partition coefficient (Wildman–Crippen LogP) is -1.18. The van der Waals surface area contributed by atoms with Gasteiger partial charge in [-0.2, -0.15) is 10.1 Å². The van der Waals surface area contributed by atoms with E-state index < -0.39 is 5.91 Å². The van der Waals surface area contributed by atoms with Gasteiger partial charge in [-0.3, -0.25) is 4.79 Å². The van der Waals surface area contributed by atoms with E-state index in [1.807, 2.05) is 4.90 Å². The van der Waals surface area contributed by atoms with Gasteiger partial charge in [0.05, 0.1) is 19.6 Å². The number of rotatable bonds is 2. The first-order chi connectivity index (χ1) is 6.33. The van der Waals surface area contributed by atoms with Crippen LogP contribution in [0.2, 0.25) is 0 Å². The summed E-state index contributed by atoms with van der Waals surface area (Å²) < 4.78 is 5.12. The number of ether oxygens (including phenoxy) is 1. The number of hydrogen-bond donors (Lipinski definition) is 1. The molecular formula is C7H12N4O2. The maximum absolute atomic E-state index is 10.8. The monoisotopic (exact) mass is 184 g/mol. The first-order valence-corrected chi connectivity index (χ1v) is 3.96. The molecule has 0 atom stereocenters. The first-order valence-electron chi connectivity index (χ1n) is 3.96. The van der Waals surface area contributed by atoms with Gasteiger partial charge in [0.25, 0.3) is 5.91 Å². The minimum atomic E-state index is -0.450. The number of nitrogens with two attached hydrogens (primary N) is 1. The summed E-state index contributed by atoms with van der Waals surface area (Å²) in [6.07, 6.45) is 2.46. The van der Waals surface area contributed by atoms with E-state index in [0.29, 0.717) is 13.2 Å². The molecule has 1 aliphatic heterocycles. The van der Waals surface area contributed by atoms with E-state index in [0.717, 1.165) is 19.3 Å². The molecular weight excluding hydrogens is 172 g/mol. The van der Waals surface area contributed by atoms with Crippen LogP contribution in [0.25, 0.3) is 0 Å². The van der Waals surface area contributed by atoms with Crippen LogP contribution in [-0.4, -0.2) is 49.7 Å². The quantitative estimate of drug-likeness (QED) is 0.253. The highest BCUT2D eigenvalue weighted by Gasteiger charge is 2.05. The third-order valence-electron chi connectivity index (χ3n) is 1.58. The fourth-order valence-electron chi connectivity index (χ4n) is 0.929. The number of carbonyl (C=O) groups is 1. The average Bonchev–Trinajstić information content (AvgIpc) is 2.17. The molecule has 1 heterocycles. The van der Waals surface area contributed by atoms with Gasteiger partial charge in [-0.25, -0.2) is 0 Å². The Morgan fingerprint density at radius 1 is 1.46 bits per heavy atom. The molecule has 0 radical (unpaired) electrons. The highest BCUT2D eigenvalue weighted by molar-refractivity contribution is 6.27. The van der Waals surface area contributed by atoms with E-state index in [9.17, 15) is 4.79 Å². The van der Waals surface area contributed by atoms with Crippen molar-refractivity contribution in [2.24, 2.45) is 15.9 Å². The van der Waals surface area contributed by atoms with Crippen molar-refractivity contribution >= 4 is 18.5 Å². The molecule has 0 aromatic rings. The third-order valence-corrected chi connectivity index (χ3v) is 1.58. The Morgan fingerprint density at radius 3 is 2.77 bits per heavy atom. The molecule has 6 nitrogen and oxygen atoms in total. The Balaban J connectivity index is 2.33. The van der Waals surface area contributed by atoms with Crippen LogP contribution < -0.4 is 5.84 Å². The van der Waals surface area contributed by atoms with Crippen molar-refractivity contribution in [3.63, 3.8) is 0 Å². The molecule has 1 rings (SSSR count). The molecule has 13 heavy (non-hydrogen) atoms. The van der Waals surface area contributed by atoms with Gasteiger partial charge < -0.3 is 15.5 Å². The SMILES string of the molecule is NN=CC(=O)/N=C/N1CCOCC1. The van der Waals surface area contributed by atoms with E-state index in [1.54, 1.807) is 0 Å². The van der Waals surface area contributed by atoms with Crippen LogP contribution in [0, 0.1) is 0 Å². The first kappa shape index (κ1) is 9.66. The standard InChI is InChI=1S/C7H12N4O2/c8-10-5-7(12)9-6-11-1-3-13-4-2-11/h5-6H,1-4,8H2/b9-6+,10-5?. The van der Waals surface area contributed by atoms with Crippen molar-refractivity contribution < 1.29 is 9.53 Å². The highest BCUT2D eigenvalue weighted by Crippen LogP contribution is 1.92. The topological polar surface area (TPSA) is 80.3 Å². The van der Waals surface area contributed by atoms with Crippen LogP contribution in [0.5, 0.6) is 0 Å². The average molecular weight is 184 g/mol. The number of aliphatic imine (C=N–C) groups is 1. The normalized spacial score (nSPS) is 18.6. The zero-order valence-corrected chi connectivity index (χ0v) is 7.22. The summed E-state index contributed by atoms with van der Waals surface area (Å²) in [5.41, 5.74) is 0. The number of amides is 1. The maximum atomic E-state index is 10.8. The largest absolute Gasteiger partial charge is 0.378 e. The van der Waals surface area contributed by atoms with Gasteiger partial charge in [0, 0.05) is 13.1 Å². The summed E-state index contributed by atoms with van der Waals surface area (Å²) in [5.74, 6) is 4.33. The molecule has 0 aromatic carbocycles. The number of hydrogen-bond acceptors (Lipinski definition) is 4. The van der Waals surface area contributed by atoms with Gasteiger partial charge in [0.15, 0.2) is 0 Å². The Kier molecular flexibility index (Phi) is 3.90. The van der Waals surface area contributed by atoms with Crippen LogP contribution in [-0.2, 0) is 9.53 Å². The Labute approximate surface area is 76.1 Å². The smallest absolute Gasteiger partial charge is 0.291 e. The number of hydrazone groups is 1. The van der Waals surface area contributed by atoms with Crippen LogP contribution in [0.3, 0.4) is 0 Å². The van der Waals surface area contributed by atoms with Crippen LogP contribution in [0.4, 0.5) is 0 Å². The van der Waals surface area contributed by atoms with E-state index in [2.05, 4.69) is 10.1 Å². The second kappa shape index (κ2) is 5.26. The van der Waals surface area contributed by atoms with Gasteiger partial charge in [0.1, 0.15) is 6.21 Å². The molecule has 72 valence electrons. The lowest BCUT2D eigenvalue weighted by atomic mass is 10.5.